The van der Waals surface area contributed by atoms with Gasteiger partial charge in [0.05, 0.1) is 23.5 Å². The van der Waals surface area contributed by atoms with E-state index in [0.717, 1.165) is 5.56 Å². The molecule has 0 saturated carbocycles. The highest BCUT2D eigenvalue weighted by atomic mass is 35.5. The third-order valence-electron chi connectivity index (χ3n) is 2.94. The molecule has 0 fully saturated rings. The fourth-order valence-corrected chi connectivity index (χ4v) is 2.06. The maximum Gasteiger partial charge on any atom is 0.259 e. The molecule has 0 saturated heterocycles. The highest BCUT2D eigenvalue weighted by Gasteiger charge is 2.12. The molecule has 0 aliphatic heterocycles. The number of fused-ring (bicyclic) bond motifs is 1. The van der Waals surface area contributed by atoms with Crippen molar-refractivity contribution in [3.05, 3.63) is 60.2 Å². The third-order valence-corrected chi connectivity index (χ3v) is 3.24. The third kappa shape index (κ3) is 2.35. The lowest BCUT2D eigenvalue weighted by Gasteiger charge is -2.04. The van der Waals surface area contributed by atoms with Gasteiger partial charge >= 0.3 is 0 Å². The van der Waals surface area contributed by atoms with Gasteiger partial charge in [-0.2, -0.15) is 5.10 Å². The topological polar surface area (TPSA) is 59.3 Å². The average molecular weight is 287 g/mol. The number of hydrogen-bond donors (Lipinski definition) is 1. The van der Waals surface area contributed by atoms with Gasteiger partial charge in [0.25, 0.3) is 5.91 Å². The Kier molecular flexibility index (Phi) is 3.35. The molecule has 0 spiro atoms. The number of hydrogen-bond acceptors (Lipinski definition) is 3. The van der Waals surface area contributed by atoms with Crippen LogP contribution in [0.1, 0.15) is 15.9 Å². The highest BCUT2D eigenvalue weighted by molar-refractivity contribution is 6.17. The number of amides is 1. The van der Waals surface area contributed by atoms with E-state index in [1.807, 2.05) is 24.3 Å². The van der Waals surface area contributed by atoms with Crippen molar-refractivity contribution in [1.29, 1.82) is 0 Å². The molecule has 3 rings (SSSR count). The first-order valence-electron chi connectivity index (χ1n) is 6.01. The minimum absolute atomic E-state index is 0.216. The van der Waals surface area contributed by atoms with Crippen LogP contribution in [0.4, 0.5) is 5.69 Å². The molecule has 0 aliphatic rings. The molecule has 0 atom stereocenters. The number of carbonyl (C=O) groups is 1. The Morgan fingerprint density at radius 2 is 2.05 bits per heavy atom. The summed E-state index contributed by atoms with van der Waals surface area (Å²) in [6.07, 6.45) is 6.45. The molecule has 3 aromatic rings. The molecule has 2 heterocycles. The molecular weight excluding hydrogens is 276 g/mol. The first kappa shape index (κ1) is 12.6. The second kappa shape index (κ2) is 5.30. The lowest BCUT2D eigenvalue weighted by molar-refractivity contribution is 0.102. The zero-order valence-corrected chi connectivity index (χ0v) is 11.2. The first-order valence-corrected chi connectivity index (χ1v) is 6.55. The van der Waals surface area contributed by atoms with Gasteiger partial charge in [0.1, 0.15) is 0 Å². The number of alkyl halides is 1. The van der Waals surface area contributed by atoms with E-state index in [9.17, 15) is 4.79 Å². The number of nitrogens with one attached hydrogen (secondary N) is 1. The molecule has 1 aromatic carbocycles. The first-order chi connectivity index (χ1) is 9.78. The largest absolute Gasteiger partial charge is 0.322 e. The number of rotatable bonds is 3. The summed E-state index contributed by atoms with van der Waals surface area (Å²) in [7, 11) is 0. The molecule has 1 amide bonds. The fourth-order valence-electron chi connectivity index (χ4n) is 1.88. The lowest BCUT2D eigenvalue weighted by Crippen LogP contribution is -2.11. The molecule has 100 valence electrons. The van der Waals surface area contributed by atoms with Crippen molar-refractivity contribution in [1.82, 2.24) is 14.6 Å². The average Bonchev–Trinajstić information content (AvgIpc) is 2.92. The molecule has 1 N–H and O–H groups in total. The SMILES string of the molecule is O=C(Nc1ccc(CCl)cc1)c1cnn2ccncc12. The van der Waals surface area contributed by atoms with Crippen molar-refractivity contribution in [2.75, 3.05) is 5.32 Å². The van der Waals surface area contributed by atoms with Gasteiger partial charge in [0, 0.05) is 24.0 Å². The van der Waals surface area contributed by atoms with E-state index in [0.29, 0.717) is 22.6 Å². The van der Waals surface area contributed by atoms with Crippen molar-refractivity contribution in [3.63, 3.8) is 0 Å². The number of halogens is 1. The summed E-state index contributed by atoms with van der Waals surface area (Å²) in [5.74, 6) is 0.236. The summed E-state index contributed by atoms with van der Waals surface area (Å²) in [4.78, 5) is 16.2. The van der Waals surface area contributed by atoms with Gasteiger partial charge in [-0.25, -0.2) is 4.52 Å². The predicted molar refractivity (Wildman–Crippen MR) is 76.9 cm³/mol. The normalized spacial score (nSPS) is 10.7. The Balaban J connectivity index is 1.85. The van der Waals surface area contributed by atoms with E-state index in [2.05, 4.69) is 15.4 Å². The van der Waals surface area contributed by atoms with Gasteiger partial charge in [0.2, 0.25) is 0 Å². The van der Waals surface area contributed by atoms with Crippen LogP contribution in [-0.4, -0.2) is 20.5 Å². The molecule has 0 unspecified atom stereocenters. The highest BCUT2D eigenvalue weighted by Crippen LogP contribution is 2.14. The van der Waals surface area contributed by atoms with Crippen molar-refractivity contribution in [2.45, 2.75) is 5.88 Å². The molecule has 2 aromatic heterocycles. The predicted octanol–water partition coefficient (Wildman–Crippen LogP) is 2.72. The van der Waals surface area contributed by atoms with E-state index in [1.54, 1.807) is 23.1 Å². The Morgan fingerprint density at radius 1 is 1.25 bits per heavy atom. The molecule has 5 nitrogen and oxygen atoms in total. The molecular formula is C14H11ClN4O. The Morgan fingerprint density at radius 3 is 2.80 bits per heavy atom. The van der Waals surface area contributed by atoms with Crippen molar-refractivity contribution >= 4 is 28.7 Å². The second-order valence-electron chi connectivity index (χ2n) is 4.25. The number of anilines is 1. The van der Waals surface area contributed by atoms with E-state index >= 15 is 0 Å². The lowest BCUT2D eigenvalue weighted by atomic mass is 10.2. The Bertz CT molecular complexity index is 751. The van der Waals surface area contributed by atoms with Crippen molar-refractivity contribution in [2.24, 2.45) is 0 Å². The van der Waals surface area contributed by atoms with Gasteiger partial charge in [-0.1, -0.05) is 12.1 Å². The van der Waals surface area contributed by atoms with Crippen LogP contribution >= 0.6 is 11.6 Å². The van der Waals surface area contributed by atoms with Crippen LogP contribution in [0.25, 0.3) is 5.52 Å². The van der Waals surface area contributed by atoms with Crippen LogP contribution in [-0.2, 0) is 5.88 Å². The molecule has 6 heteroatoms. The maximum absolute atomic E-state index is 12.2. The molecule has 20 heavy (non-hydrogen) atoms. The van der Waals surface area contributed by atoms with Crippen LogP contribution in [0.3, 0.4) is 0 Å². The summed E-state index contributed by atoms with van der Waals surface area (Å²) in [5.41, 5.74) is 2.87. The second-order valence-corrected chi connectivity index (χ2v) is 4.52. The maximum atomic E-state index is 12.2. The minimum Gasteiger partial charge on any atom is -0.322 e. The van der Waals surface area contributed by atoms with Gasteiger partial charge in [-0.05, 0) is 17.7 Å². The van der Waals surface area contributed by atoms with Crippen molar-refractivity contribution in [3.8, 4) is 0 Å². The van der Waals surface area contributed by atoms with Crippen LogP contribution in [0.2, 0.25) is 0 Å². The van der Waals surface area contributed by atoms with Crippen LogP contribution in [0.5, 0.6) is 0 Å². The minimum atomic E-state index is -0.216. The molecule has 0 aliphatic carbocycles. The van der Waals surface area contributed by atoms with Gasteiger partial charge < -0.3 is 5.32 Å². The van der Waals surface area contributed by atoms with E-state index in [4.69, 9.17) is 11.6 Å². The Hall–Kier alpha value is -2.40. The zero-order valence-electron chi connectivity index (χ0n) is 10.5. The Labute approximate surface area is 120 Å². The standard InChI is InChI=1S/C14H11ClN4O/c15-7-10-1-3-11(4-2-10)18-14(20)12-8-17-19-6-5-16-9-13(12)19/h1-6,8-9H,7H2,(H,18,20). The van der Waals surface area contributed by atoms with E-state index in [1.165, 1.54) is 6.20 Å². The zero-order chi connectivity index (χ0) is 13.9. The summed E-state index contributed by atoms with van der Waals surface area (Å²) < 4.78 is 1.61. The molecule has 0 bridgehead atoms. The van der Waals surface area contributed by atoms with E-state index < -0.39 is 0 Å². The smallest absolute Gasteiger partial charge is 0.259 e. The number of benzene rings is 1. The van der Waals surface area contributed by atoms with Gasteiger partial charge in [-0.15, -0.1) is 11.6 Å². The molecule has 0 radical (unpaired) electrons. The summed E-state index contributed by atoms with van der Waals surface area (Å²) in [6.45, 7) is 0. The van der Waals surface area contributed by atoms with Gasteiger partial charge in [0.15, 0.2) is 0 Å². The summed E-state index contributed by atoms with van der Waals surface area (Å²) in [5, 5.41) is 6.93. The van der Waals surface area contributed by atoms with Crippen LogP contribution in [0.15, 0.2) is 49.1 Å². The summed E-state index contributed by atoms with van der Waals surface area (Å²) >= 11 is 5.73. The quantitative estimate of drug-likeness (QED) is 0.753. The monoisotopic (exact) mass is 286 g/mol. The van der Waals surface area contributed by atoms with E-state index in [-0.39, 0.29) is 5.91 Å². The number of nitrogens with zero attached hydrogens (tertiary/aromatic N) is 3. The number of carbonyl (C=O) groups excluding carboxylic acids is 1. The number of aromatic nitrogens is 3. The van der Waals surface area contributed by atoms with Gasteiger partial charge in [-0.3, -0.25) is 9.78 Å². The van der Waals surface area contributed by atoms with Crippen molar-refractivity contribution < 1.29 is 4.79 Å². The van der Waals surface area contributed by atoms with Crippen LogP contribution in [0, 0.1) is 0 Å². The fraction of sp³-hybridized carbons (Fsp3) is 0.0714. The summed E-state index contributed by atoms with van der Waals surface area (Å²) in [6, 6.07) is 7.39. The van der Waals surface area contributed by atoms with Crippen LogP contribution < -0.4 is 5.32 Å².